The summed E-state index contributed by atoms with van der Waals surface area (Å²) < 4.78 is 41.6. The fraction of sp³-hybridized carbons (Fsp3) is 0.231. The van der Waals surface area contributed by atoms with Crippen LogP contribution >= 0.6 is 0 Å². The smallest absolute Gasteiger partial charge is 0.417 e. The maximum absolute atomic E-state index is 14.1. The lowest BCUT2D eigenvalue weighted by Gasteiger charge is -2.35. The minimum atomic E-state index is -4.77. The molecule has 3 aromatic carbocycles. The lowest BCUT2D eigenvalue weighted by atomic mass is 9.70. The van der Waals surface area contributed by atoms with Gasteiger partial charge in [0.15, 0.2) is 17.3 Å². The number of aromatic hydroxyl groups is 2. The Morgan fingerprint density at radius 3 is 2.43 bits per heavy atom. The minimum Gasteiger partial charge on any atom is -0.504 e. The number of halogens is 3. The highest BCUT2D eigenvalue weighted by molar-refractivity contribution is 6.12. The molecule has 0 bridgehead atoms. The predicted molar refractivity (Wildman–Crippen MR) is 121 cm³/mol. The fourth-order valence-corrected chi connectivity index (χ4v) is 5.58. The average Bonchev–Trinajstić information content (AvgIpc) is 3.29. The van der Waals surface area contributed by atoms with Gasteiger partial charge in [-0.05, 0) is 36.9 Å². The molecule has 0 saturated carbocycles. The van der Waals surface area contributed by atoms with Crippen molar-refractivity contribution in [3.05, 3.63) is 89.0 Å². The topological polar surface area (TPSA) is 89.9 Å². The first-order chi connectivity index (χ1) is 16.6. The van der Waals surface area contributed by atoms with Gasteiger partial charge >= 0.3 is 6.18 Å². The Labute approximate surface area is 198 Å². The van der Waals surface area contributed by atoms with E-state index in [-0.39, 0.29) is 12.3 Å². The summed E-state index contributed by atoms with van der Waals surface area (Å²) >= 11 is 0. The third-order valence-corrected chi connectivity index (χ3v) is 7.07. The summed E-state index contributed by atoms with van der Waals surface area (Å²) in [5.41, 5.74) is -1.76. The van der Waals surface area contributed by atoms with E-state index >= 15 is 0 Å². The highest BCUT2D eigenvalue weighted by Gasteiger charge is 2.64. The van der Waals surface area contributed by atoms with Crippen LogP contribution in [0.2, 0.25) is 0 Å². The van der Waals surface area contributed by atoms with Crippen molar-refractivity contribution >= 4 is 17.4 Å². The molecule has 35 heavy (non-hydrogen) atoms. The number of rotatable bonds is 3. The van der Waals surface area contributed by atoms with Crippen molar-refractivity contribution in [3.8, 4) is 11.5 Å². The van der Waals surface area contributed by atoms with Crippen LogP contribution in [0.1, 0.15) is 33.0 Å². The molecule has 180 valence electrons. The molecule has 2 aliphatic rings. The highest BCUT2D eigenvalue weighted by Crippen LogP contribution is 2.56. The Balaban J connectivity index is 1.76. The number of Topliss-reactive ketones (excluding diaryl/α,β-unsaturated/α-hetero) is 1. The lowest BCUT2D eigenvalue weighted by Crippen LogP contribution is -2.51. The molecule has 3 aromatic rings. The molecule has 2 heterocycles. The van der Waals surface area contributed by atoms with Gasteiger partial charge in [0, 0.05) is 29.3 Å². The SMILES string of the molecule is CN1CC(c2ccc(O)c(O)c2)C(C(=O)c2ccccc2C(F)(F)F)C12C(=O)Nc1ccccc12. The lowest BCUT2D eigenvalue weighted by molar-refractivity contribution is -0.138. The average molecular weight is 482 g/mol. The molecule has 0 aliphatic carbocycles. The number of nitrogens with zero attached hydrogens (tertiary/aromatic N) is 1. The van der Waals surface area contributed by atoms with Crippen LogP contribution in [0.25, 0.3) is 0 Å². The fourth-order valence-electron chi connectivity index (χ4n) is 5.58. The van der Waals surface area contributed by atoms with E-state index in [1.54, 1.807) is 36.2 Å². The van der Waals surface area contributed by atoms with Crippen molar-refractivity contribution in [2.75, 3.05) is 18.9 Å². The summed E-state index contributed by atoms with van der Waals surface area (Å²) in [6, 6.07) is 15.4. The summed E-state index contributed by atoms with van der Waals surface area (Å²) in [4.78, 5) is 29.4. The van der Waals surface area contributed by atoms with Crippen LogP contribution in [0.5, 0.6) is 11.5 Å². The van der Waals surface area contributed by atoms with Crippen molar-refractivity contribution in [2.45, 2.75) is 17.6 Å². The van der Waals surface area contributed by atoms with Gasteiger partial charge in [-0.15, -0.1) is 0 Å². The van der Waals surface area contributed by atoms with Gasteiger partial charge in [-0.3, -0.25) is 14.5 Å². The van der Waals surface area contributed by atoms with Crippen molar-refractivity contribution in [1.82, 2.24) is 4.90 Å². The zero-order valence-electron chi connectivity index (χ0n) is 18.5. The molecule has 0 radical (unpaired) electrons. The van der Waals surface area contributed by atoms with Gasteiger partial charge in [0.25, 0.3) is 0 Å². The Kier molecular flexibility index (Phi) is 5.14. The Bertz CT molecular complexity index is 1360. The molecule has 1 spiro atoms. The highest BCUT2D eigenvalue weighted by atomic mass is 19.4. The van der Waals surface area contributed by atoms with E-state index in [9.17, 15) is 33.0 Å². The standard InChI is InChI=1S/C26H21F3N2O4/c1-31-13-16(14-10-11-20(32)21(33)12-14)22(23(34)15-6-2-3-7-17(15)26(27,28)29)25(31)18-8-4-5-9-19(18)30-24(25)35/h2-12,16,22,32-33H,13H2,1H3,(H,30,35). The normalized spacial score (nSPS) is 23.9. The van der Waals surface area contributed by atoms with Crippen molar-refractivity contribution in [3.63, 3.8) is 0 Å². The first-order valence-electron chi connectivity index (χ1n) is 10.9. The van der Waals surface area contributed by atoms with E-state index in [2.05, 4.69) is 5.32 Å². The van der Waals surface area contributed by atoms with E-state index in [4.69, 9.17) is 0 Å². The molecular formula is C26H21F3N2O4. The second-order valence-corrected chi connectivity index (χ2v) is 8.89. The Hall–Kier alpha value is -3.85. The number of anilines is 1. The van der Waals surface area contributed by atoms with Crippen LogP contribution in [0.4, 0.5) is 18.9 Å². The number of benzene rings is 3. The monoisotopic (exact) mass is 482 g/mol. The summed E-state index contributed by atoms with van der Waals surface area (Å²) in [5, 5.41) is 22.7. The third-order valence-electron chi connectivity index (χ3n) is 7.07. The molecule has 3 N–H and O–H groups in total. The largest absolute Gasteiger partial charge is 0.504 e. The number of carbonyl (C=O) groups excluding carboxylic acids is 2. The van der Waals surface area contributed by atoms with E-state index in [0.29, 0.717) is 16.8 Å². The first-order valence-corrected chi connectivity index (χ1v) is 10.9. The van der Waals surface area contributed by atoms with E-state index in [1.165, 1.54) is 30.3 Å². The Morgan fingerprint density at radius 1 is 1.03 bits per heavy atom. The first kappa shape index (κ1) is 22.9. The number of phenols is 2. The number of alkyl halides is 3. The summed E-state index contributed by atoms with van der Waals surface area (Å²) in [6.07, 6.45) is -4.77. The third kappa shape index (κ3) is 3.30. The quantitative estimate of drug-likeness (QED) is 0.378. The maximum atomic E-state index is 14.1. The number of ketones is 1. The van der Waals surface area contributed by atoms with Gasteiger partial charge in [0.2, 0.25) is 5.91 Å². The zero-order valence-corrected chi connectivity index (χ0v) is 18.5. The molecule has 2 aliphatic heterocycles. The number of hydrogen-bond acceptors (Lipinski definition) is 5. The molecule has 9 heteroatoms. The van der Waals surface area contributed by atoms with Crippen LogP contribution in [0, 0.1) is 5.92 Å². The van der Waals surface area contributed by atoms with Gasteiger partial charge in [-0.1, -0.05) is 42.5 Å². The summed E-state index contributed by atoms with van der Waals surface area (Å²) in [5.74, 6) is -4.13. The predicted octanol–water partition coefficient (Wildman–Crippen LogP) is 4.49. The molecule has 1 saturated heterocycles. The van der Waals surface area contributed by atoms with E-state index in [1.807, 2.05) is 0 Å². The molecule has 5 rings (SSSR count). The van der Waals surface area contributed by atoms with Gasteiger partial charge in [0.05, 0.1) is 11.5 Å². The van der Waals surface area contributed by atoms with E-state index in [0.717, 1.165) is 12.1 Å². The van der Waals surface area contributed by atoms with Gasteiger partial charge < -0.3 is 15.5 Å². The molecule has 3 atom stereocenters. The zero-order chi connectivity index (χ0) is 25.1. The number of fused-ring (bicyclic) bond motifs is 2. The molecule has 3 unspecified atom stereocenters. The second-order valence-electron chi connectivity index (χ2n) is 8.89. The number of amides is 1. The van der Waals surface area contributed by atoms with Crippen LogP contribution in [0.15, 0.2) is 66.7 Å². The Morgan fingerprint density at radius 2 is 1.71 bits per heavy atom. The van der Waals surface area contributed by atoms with E-state index < -0.39 is 52.1 Å². The van der Waals surface area contributed by atoms with Crippen molar-refractivity contribution in [2.24, 2.45) is 5.92 Å². The van der Waals surface area contributed by atoms with Crippen LogP contribution < -0.4 is 5.32 Å². The van der Waals surface area contributed by atoms with Gasteiger partial charge in [0.1, 0.15) is 5.54 Å². The molecule has 6 nitrogen and oxygen atoms in total. The van der Waals surface area contributed by atoms with Crippen LogP contribution in [0.3, 0.4) is 0 Å². The number of likely N-dealkylation sites (tertiary alicyclic amines) is 1. The molecule has 1 fully saturated rings. The molecule has 0 aromatic heterocycles. The number of phenolic OH excluding ortho intramolecular Hbond substituents is 2. The maximum Gasteiger partial charge on any atom is 0.417 e. The number of hydrogen-bond donors (Lipinski definition) is 3. The van der Waals surface area contributed by atoms with Gasteiger partial charge in [-0.25, -0.2) is 0 Å². The number of likely N-dealkylation sites (N-methyl/N-ethyl adjacent to an activating group) is 1. The second kappa shape index (κ2) is 7.84. The number of carbonyl (C=O) groups is 2. The van der Waals surface area contributed by atoms with Crippen molar-refractivity contribution in [1.29, 1.82) is 0 Å². The molecular weight excluding hydrogens is 461 g/mol. The van der Waals surface area contributed by atoms with Crippen molar-refractivity contribution < 1.29 is 33.0 Å². The van der Waals surface area contributed by atoms with Crippen LogP contribution in [-0.4, -0.2) is 40.4 Å². The number of nitrogens with one attached hydrogen (secondary N) is 1. The summed E-state index contributed by atoms with van der Waals surface area (Å²) in [7, 11) is 1.65. The molecule has 1 amide bonds. The number of para-hydroxylation sites is 1. The minimum absolute atomic E-state index is 0.149. The summed E-state index contributed by atoms with van der Waals surface area (Å²) in [6.45, 7) is 0.149. The van der Waals surface area contributed by atoms with Crippen LogP contribution in [-0.2, 0) is 16.5 Å². The van der Waals surface area contributed by atoms with Gasteiger partial charge in [-0.2, -0.15) is 13.2 Å².